The molecule has 2 rings (SSSR count). The van der Waals surface area contributed by atoms with Crippen LogP contribution < -0.4 is 0 Å². The minimum Gasteiger partial charge on any atom is -0.384 e. The number of halogens is 2. The molecule has 0 saturated heterocycles. The predicted octanol–water partition coefficient (Wildman–Crippen LogP) is 3.65. The summed E-state index contributed by atoms with van der Waals surface area (Å²) in [6, 6.07) is 12.5. The standard InChI is InChI=1S/C17H14BrFO2/c18-16-5-1-3-14(9-16)11-21-12-15-7-6-13(4-2-8-20)10-17(15)19/h1,3,5-7,9-10,20H,8,11-12H2. The number of ether oxygens (including phenoxy) is 1. The summed E-state index contributed by atoms with van der Waals surface area (Å²) in [6.45, 7) is 0.385. The highest BCUT2D eigenvalue weighted by molar-refractivity contribution is 9.10. The quantitative estimate of drug-likeness (QED) is 0.854. The molecule has 21 heavy (non-hydrogen) atoms. The van der Waals surface area contributed by atoms with Crippen LogP contribution in [0.4, 0.5) is 4.39 Å². The van der Waals surface area contributed by atoms with Gasteiger partial charge in [0.1, 0.15) is 12.4 Å². The fraction of sp³-hybridized carbons (Fsp3) is 0.176. The van der Waals surface area contributed by atoms with Gasteiger partial charge < -0.3 is 9.84 Å². The number of rotatable bonds is 4. The second-order valence-electron chi connectivity index (χ2n) is 4.39. The van der Waals surface area contributed by atoms with Gasteiger partial charge in [0.25, 0.3) is 0 Å². The van der Waals surface area contributed by atoms with E-state index in [2.05, 4.69) is 27.8 Å². The molecule has 2 aromatic carbocycles. The number of hydrogen-bond donors (Lipinski definition) is 1. The van der Waals surface area contributed by atoms with Gasteiger partial charge in [0, 0.05) is 15.6 Å². The molecule has 0 bridgehead atoms. The number of aliphatic hydroxyl groups excluding tert-OH is 1. The highest BCUT2D eigenvalue weighted by Gasteiger charge is 2.03. The smallest absolute Gasteiger partial charge is 0.129 e. The summed E-state index contributed by atoms with van der Waals surface area (Å²) in [5, 5.41) is 8.60. The van der Waals surface area contributed by atoms with E-state index in [0.29, 0.717) is 17.7 Å². The van der Waals surface area contributed by atoms with Gasteiger partial charge in [-0.3, -0.25) is 0 Å². The van der Waals surface area contributed by atoms with Crippen LogP contribution >= 0.6 is 15.9 Å². The second kappa shape index (κ2) is 7.94. The van der Waals surface area contributed by atoms with Crippen molar-refractivity contribution in [1.29, 1.82) is 0 Å². The fourth-order valence-electron chi connectivity index (χ4n) is 1.79. The van der Waals surface area contributed by atoms with Crippen molar-refractivity contribution in [2.45, 2.75) is 13.2 Å². The molecule has 1 N–H and O–H groups in total. The Hall–Kier alpha value is -1.67. The SMILES string of the molecule is OCC#Cc1ccc(COCc2cccc(Br)c2)c(F)c1. The Kier molecular flexibility index (Phi) is 5.94. The molecule has 0 aromatic heterocycles. The van der Waals surface area contributed by atoms with Gasteiger partial charge in [-0.25, -0.2) is 4.39 Å². The average Bonchev–Trinajstić information content (AvgIpc) is 2.47. The molecular formula is C17H14BrFO2. The van der Waals surface area contributed by atoms with Gasteiger partial charge in [0.2, 0.25) is 0 Å². The number of benzene rings is 2. The van der Waals surface area contributed by atoms with E-state index in [0.717, 1.165) is 10.0 Å². The molecule has 108 valence electrons. The first-order valence-electron chi connectivity index (χ1n) is 6.39. The molecule has 2 nitrogen and oxygen atoms in total. The Balaban J connectivity index is 1.94. The Morgan fingerprint density at radius 3 is 2.71 bits per heavy atom. The fourth-order valence-corrected chi connectivity index (χ4v) is 2.24. The van der Waals surface area contributed by atoms with Crippen molar-refractivity contribution in [1.82, 2.24) is 0 Å². The van der Waals surface area contributed by atoms with Crippen LogP contribution in [0.25, 0.3) is 0 Å². The topological polar surface area (TPSA) is 29.5 Å². The minimum absolute atomic E-state index is 0.200. The Labute approximate surface area is 131 Å². The molecule has 0 heterocycles. The van der Waals surface area contributed by atoms with E-state index in [9.17, 15) is 4.39 Å². The molecule has 0 amide bonds. The Bertz CT molecular complexity index is 674. The third kappa shape index (κ3) is 4.98. The third-order valence-electron chi connectivity index (χ3n) is 2.78. The van der Waals surface area contributed by atoms with Gasteiger partial charge in [-0.2, -0.15) is 0 Å². The lowest BCUT2D eigenvalue weighted by molar-refractivity contribution is 0.105. The van der Waals surface area contributed by atoms with Gasteiger partial charge in [-0.05, 0) is 29.8 Å². The van der Waals surface area contributed by atoms with Crippen molar-refractivity contribution in [3.05, 3.63) is 69.4 Å². The predicted molar refractivity (Wildman–Crippen MR) is 83.0 cm³/mol. The molecule has 0 radical (unpaired) electrons. The first-order chi connectivity index (χ1) is 10.2. The lowest BCUT2D eigenvalue weighted by atomic mass is 10.1. The average molecular weight is 349 g/mol. The second-order valence-corrected chi connectivity index (χ2v) is 5.30. The van der Waals surface area contributed by atoms with Crippen molar-refractivity contribution in [2.24, 2.45) is 0 Å². The van der Waals surface area contributed by atoms with Gasteiger partial charge >= 0.3 is 0 Å². The molecule has 0 aliphatic rings. The van der Waals surface area contributed by atoms with E-state index >= 15 is 0 Å². The van der Waals surface area contributed by atoms with E-state index in [4.69, 9.17) is 9.84 Å². The van der Waals surface area contributed by atoms with Gasteiger partial charge in [0.15, 0.2) is 0 Å². The summed E-state index contributed by atoms with van der Waals surface area (Å²) >= 11 is 3.39. The Morgan fingerprint density at radius 1 is 1.14 bits per heavy atom. The first kappa shape index (κ1) is 15.7. The zero-order chi connectivity index (χ0) is 15.1. The maximum absolute atomic E-state index is 13.8. The molecule has 0 fully saturated rings. The number of aliphatic hydroxyl groups is 1. The van der Waals surface area contributed by atoms with E-state index in [-0.39, 0.29) is 19.0 Å². The molecule has 0 aliphatic carbocycles. The summed E-state index contributed by atoms with van der Waals surface area (Å²) < 4.78 is 20.4. The highest BCUT2D eigenvalue weighted by atomic mass is 79.9. The minimum atomic E-state index is -0.353. The van der Waals surface area contributed by atoms with Crippen molar-refractivity contribution < 1.29 is 14.2 Å². The van der Waals surface area contributed by atoms with Gasteiger partial charge in [-0.15, -0.1) is 0 Å². The molecule has 0 atom stereocenters. The molecule has 2 aromatic rings. The molecule has 4 heteroatoms. The summed E-state index contributed by atoms with van der Waals surface area (Å²) in [6.07, 6.45) is 0. The van der Waals surface area contributed by atoms with Crippen molar-refractivity contribution in [3.8, 4) is 11.8 Å². The summed E-state index contributed by atoms with van der Waals surface area (Å²) in [7, 11) is 0. The van der Waals surface area contributed by atoms with Crippen LogP contribution in [0.2, 0.25) is 0 Å². The maximum Gasteiger partial charge on any atom is 0.129 e. The Morgan fingerprint density at radius 2 is 2.00 bits per heavy atom. The zero-order valence-electron chi connectivity index (χ0n) is 11.3. The third-order valence-corrected chi connectivity index (χ3v) is 3.27. The first-order valence-corrected chi connectivity index (χ1v) is 7.18. The number of hydrogen-bond acceptors (Lipinski definition) is 2. The molecule has 0 spiro atoms. The zero-order valence-corrected chi connectivity index (χ0v) is 12.9. The largest absolute Gasteiger partial charge is 0.384 e. The summed E-state index contributed by atoms with van der Waals surface area (Å²) in [5.74, 6) is 4.80. The van der Waals surface area contributed by atoms with Crippen molar-refractivity contribution in [2.75, 3.05) is 6.61 Å². The van der Waals surface area contributed by atoms with Crippen LogP contribution in [-0.2, 0) is 18.0 Å². The summed E-state index contributed by atoms with van der Waals surface area (Å²) in [4.78, 5) is 0. The van der Waals surface area contributed by atoms with Crippen LogP contribution in [-0.4, -0.2) is 11.7 Å². The highest BCUT2D eigenvalue weighted by Crippen LogP contribution is 2.15. The van der Waals surface area contributed by atoms with E-state index < -0.39 is 0 Å². The molecule has 0 saturated carbocycles. The lowest BCUT2D eigenvalue weighted by Gasteiger charge is -2.06. The van der Waals surface area contributed by atoms with E-state index in [1.165, 1.54) is 6.07 Å². The van der Waals surface area contributed by atoms with Crippen LogP contribution in [0.3, 0.4) is 0 Å². The van der Waals surface area contributed by atoms with Crippen LogP contribution in [0, 0.1) is 17.7 Å². The monoisotopic (exact) mass is 348 g/mol. The molecular weight excluding hydrogens is 335 g/mol. The van der Waals surface area contributed by atoms with Gasteiger partial charge in [0.05, 0.1) is 13.2 Å². The maximum atomic E-state index is 13.8. The normalized spacial score (nSPS) is 10.0. The van der Waals surface area contributed by atoms with Crippen LogP contribution in [0.15, 0.2) is 46.9 Å². The van der Waals surface area contributed by atoms with Crippen molar-refractivity contribution in [3.63, 3.8) is 0 Å². The molecule has 0 aliphatic heterocycles. The molecule has 0 unspecified atom stereocenters. The van der Waals surface area contributed by atoms with Crippen LogP contribution in [0.1, 0.15) is 16.7 Å². The summed E-state index contributed by atoms with van der Waals surface area (Å²) in [5.41, 5.74) is 2.05. The lowest BCUT2D eigenvalue weighted by Crippen LogP contribution is -1.97. The van der Waals surface area contributed by atoms with Crippen molar-refractivity contribution >= 4 is 15.9 Å². The van der Waals surface area contributed by atoms with E-state index in [1.807, 2.05) is 24.3 Å². The van der Waals surface area contributed by atoms with Gasteiger partial charge in [-0.1, -0.05) is 46.0 Å². The van der Waals surface area contributed by atoms with E-state index in [1.54, 1.807) is 12.1 Å². The van der Waals surface area contributed by atoms with Crippen LogP contribution in [0.5, 0.6) is 0 Å².